The maximum absolute atomic E-state index is 2.35. The molecule has 118 valence electrons. The number of rotatable bonds is 1. The molecule has 0 amide bonds. The second-order valence-corrected chi connectivity index (χ2v) is 6.78. The van der Waals surface area contributed by atoms with Crippen LogP contribution in [0.4, 0.5) is 5.69 Å². The standard InChI is InChI=1S/C23H18BN/c1-17-12-14-25-23-10-8-20-15-19(18-5-3-2-4-6-18)7-9-21(20)22(23)11-13-24(25)16-17/h2-16H,1H3. The maximum Gasteiger partial charge on any atom is 0.312 e. The molecule has 0 atom stereocenters. The molecule has 0 saturated carbocycles. The molecule has 0 bridgehead atoms. The van der Waals surface area contributed by atoms with Gasteiger partial charge in [0.05, 0.1) is 0 Å². The number of hydrogen-bond acceptors (Lipinski definition) is 1. The van der Waals surface area contributed by atoms with Crippen LogP contribution in [0.15, 0.2) is 90.5 Å². The predicted molar refractivity (Wildman–Crippen MR) is 110 cm³/mol. The van der Waals surface area contributed by atoms with Crippen molar-refractivity contribution in [2.24, 2.45) is 0 Å². The number of hydrogen-bond donors (Lipinski definition) is 0. The normalized spacial score (nSPS) is 15.2. The highest BCUT2D eigenvalue weighted by atomic mass is 15.1. The highest BCUT2D eigenvalue weighted by Gasteiger charge is 2.25. The monoisotopic (exact) mass is 319 g/mol. The van der Waals surface area contributed by atoms with Gasteiger partial charge in [0.2, 0.25) is 0 Å². The molecule has 1 nitrogen and oxygen atoms in total. The quantitative estimate of drug-likeness (QED) is 0.506. The van der Waals surface area contributed by atoms with E-state index in [1.807, 2.05) is 0 Å². The minimum atomic E-state index is 0.332. The summed E-state index contributed by atoms with van der Waals surface area (Å²) in [6.07, 6.45) is 6.67. The Hall–Kier alpha value is -3.00. The molecule has 3 aromatic rings. The number of anilines is 1. The van der Waals surface area contributed by atoms with Crippen molar-refractivity contribution in [1.82, 2.24) is 0 Å². The molecular formula is C23H18BN. The Morgan fingerprint density at radius 1 is 0.840 bits per heavy atom. The Morgan fingerprint density at radius 3 is 2.60 bits per heavy atom. The van der Waals surface area contributed by atoms with Crippen molar-refractivity contribution in [3.63, 3.8) is 0 Å². The zero-order valence-electron chi connectivity index (χ0n) is 14.2. The maximum atomic E-state index is 2.35. The van der Waals surface area contributed by atoms with E-state index in [0.29, 0.717) is 6.85 Å². The molecule has 2 heteroatoms. The van der Waals surface area contributed by atoms with Gasteiger partial charge in [-0.25, -0.2) is 0 Å². The highest BCUT2D eigenvalue weighted by Crippen LogP contribution is 2.37. The summed E-state index contributed by atoms with van der Waals surface area (Å²) in [5.41, 5.74) is 6.44. The second kappa shape index (κ2) is 5.53. The molecule has 0 aromatic heterocycles. The topological polar surface area (TPSA) is 3.24 Å². The Morgan fingerprint density at radius 2 is 1.72 bits per heavy atom. The Bertz CT molecular complexity index is 1060. The largest absolute Gasteiger partial charge is 0.383 e. The molecule has 25 heavy (non-hydrogen) atoms. The number of nitrogens with zero attached hydrogens (tertiary/aromatic N) is 1. The summed E-state index contributed by atoms with van der Waals surface area (Å²) in [7, 11) is 0. The SMILES string of the molecule is CC1=CB2C=Cc3c(ccc4cc(-c5ccccc5)ccc34)N2C=C1. The van der Waals surface area contributed by atoms with Gasteiger partial charge in [-0.05, 0) is 53.2 Å². The molecule has 0 aliphatic carbocycles. The van der Waals surface area contributed by atoms with Gasteiger partial charge in [0, 0.05) is 11.3 Å². The van der Waals surface area contributed by atoms with Gasteiger partial charge in [-0.1, -0.05) is 72.1 Å². The average Bonchev–Trinajstić information content (AvgIpc) is 2.67. The van der Waals surface area contributed by atoms with Crippen molar-refractivity contribution in [3.8, 4) is 11.1 Å². The fourth-order valence-electron chi connectivity index (χ4n) is 3.84. The molecule has 2 aliphatic rings. The van der Waals surface area contributed by atoms with Crippen LogP contribution >= 0.6 is 0 Å². The Balaban J connectivity index is 1.65. The van der Waals surface area contributed by atoms with Gasteiger partial charge >= 0.3 is 6.85 Å². The second-order valence-electron chi connectivity index (χ2n) is 6.78. The van der Waals surface area contributed by atoms with Crippen LogP contribution < -0.4 is 4.81 Å². The third-order valence-corrected chi connectivity index (χ3v) is 5.14. The van der Waals surface area contributed by atoms with E-state index in [9.17, 15) is 0 Å². The van der Waals surface area contributed by atoms with Crippen LogP contribution in [0.3, 0.4) is 0 Å². The van der Waals surface area contributed by atoms with Crippen molar-refractivity contribution in [2.75, 3.05) is 4.81 Å². The van der Waals surface area contributed by atoms with Gasteiger partial charge < -0.3 is 4.81 Å². The zero-order valence-corrected chi connectivity index (χ0v) is 14.2. The van der Waals surface area contributed by atoms with Crippen LogP contribution in [0.5, 0.6) is 0 Å². The molecule has 0 fully saturated rings. The summed E-state index contributed by atoms with van der Waals surface area (Å²) >= 11 is 0. The van der Waals surface area contributed by atoms with E-state index >= 15 is 0 Å². The lowest BCUT2D eigenvalue weighted by atomic mass is 9.56. The molecule has 5 rings (SSSR count). The van der Waals surface area contributed by atoms with E-state index < -0.39 is 0 Å². The first-order chi connectivity index (χ1) is 12.3. The predicted octanol–water partition coefficient (Wildman–Crippen LogP) is 5.88. The van der Waals surface area contributed by atoms with E-state index in [1.165, 1.54) is 38.7 Å². The summed E-state index contributed by atoms with van der Waals surface area (Å²) in [5.74, 6) is 4.60. The van der Waals surface area contributed by atoms with Gasteiger partial charge in [0.1, 0.15) is 0 Å². The van der Waals surface area contributed by atoms with Gasteiger partial charge in [-0.3, -0.25) is 0 Å². The van der Waals surface area contributed by atoms with Crippen LogP contribution in [0.25, 0.3) is 28.0 Å². The average molecular weight is 319 g/mol. The summed E-state index contributed by atoms with van der Waals surface area (Å²) in [5, 5.41) is 2.60. The minimum Gasteiger partial charge on any atom is -0.383 e. The van der Waals surface area contributed by atoms with Crippen LogP contribution in [-0.4, -0.2) is 6.85 Å². The molecule has 0 N–H and O–H groups in total. The van der Waals surface area contributed by atoms with Crippen LogP contribution in [0.1, 0.15) is 12.5 Å². The lowest BCUT2D eigenvalue weighted by Crippen LogP contribution is -2.36. The molecule has 3 aromatic carbocycles. The third-order valence-electron chi connectivity index (χ3n) is 5.14. The molecule has 2 aliphatic heterocycles. The fraction of sp³-hybridized carbons (Fsp3) is 0.0435. The van der Waals surface area contributed by atoms with Crippen molar-refractivity contribution >= 4 is 29.4 Å². The van der Waals surface area contributed by atoms with Crippen LogP contribution in [-0.2, 0) is 0 Å². The van der Waals surface area contributed by atoms with Crippen molar-refractivity contribution in [2.45, 2.75) is 6.92 Å². The number of allylic oxidation sites excluding steroid dienone is 2. The minimum absolute atomic E-state index is 0.332. The van der Waals surface area contributed by atoms with E-state index in [-0.39, 0.29) is 0 Å². The first kappa shape index (κ1) is 14.4. The van der Waals surface area contributed by atoms with Crippen molar-refractivity contribution in [1.29, 1.82) is 0 Å². The summed E-state index contributed by atoms with van der Waals surface area (Å²) < 4.78 is 0. The van der Waals surface area contributed by atoms with Crippen molar-refractivity contribution in [3.05, 3.63) is 96.0 Å². The van der Waals surface area contributed by atoms with Crippen LogP contribution in [0.2, 0.25) is 0 Å². The molecule has 2 heterocycles. The molecule has 0 radical (unpaired) electrons. The first-order valence-corrected chi connectivity index (χ1v) is 8.75. The third kappa shape index (κ3) is 2.33. The van der Waals surface area contributed by atoms with E-state index in [0.717, 1.165) is 0 Å². The Labute approximate surface area is 148 Å². The van der Waals surface area contributed by atoms with Gasteiger partial charge in [-0.15, -0.1) is 0 Å². The van der Waals surface area contributed by atoms with Gasteiger partial charge in [0.25, 0.3) is 0 Å². The molecule has 0 unspecified atom stereocenters. The lowest BCUT2D eigenvalue weighted by molar-refractivity contribution is 1.33. The van der Waals surface area contributed by atoms with Crippen molar-refractivity contribution < 1.29 is 0 Å². The van der Waals surface area contributed by atoms with Gasteiger partial charge in [0.15, 0.2) is 0 Å². The molecule has 0 saturated heterocycles. The molecule has 0 spiro atoms. The van der Waals surface area contributed by atoms with E-state index in [4.69, 9.17) is 0 Å². The number of fused-ring (bicyclic) bond motifs is 5. The summed E-state index contributed by atoms with van der Waals surface area (Å²) in [6.45, 7) is 2.49. The first-order valence-electron chi connectivity index (χ1n) is 8.75. The highest BCUT2D eigenvalue weighted by molar-refractivity contribution is 6.75. The fourth-order valence-corrected chi connectivity index (χ4v) is 3.84. The molecular weight excluding hydrogens is 301 g/mol. The zero-order chi connectivity index (χ0) is 16.8. The smallest absolute Gasteiger partial charge is 0.312 e. The summed E-state index contributed by atoms with van der Waals surface area (Å²) in [6, 6.07) is 21.8. The van der Waals surface area contributed by atoms with E-state index in [2.05, 4.69) is 103 Å². The lowest BCUT2D eigenvalue weighted by Gasteiger charge is -2.32. The number of benzene rings is 3. The summed E-state index contributed by atoms with van der Waals surface area (Å²) in [4.78, 5) is 2.35. The van der Waals surface area contributed by atoms with Crippen LogP contribution in [0, 0.1) is 0 Å². The van der Waals surface area contributed by atoms with E-state index in [1.54, 1.807) is 0 Å². The van der Waals surface area contributed by atoms with Gasteiger partial charge in [-0.2, -0.15) is 0 Å². The Kier molecular flexibility index (Phi) is 3.17.